The molecule has 0 saturated carbocycles. The van der Waals surface area contributed by atoms with Crippen LogP contribution in [0.25, 0.3) is 0 Å². The highest BCUT2D eigenvalue weighted by atomic mass is 32.2. The van der Waals surface area contributed by atoms with Crippen LogP contribution >= 0.6 is 0 Å². The fourth-order valence-corrected chi connectivity index (χ4v) is 4.17. The number of hydrogen-bond donors (Lipinski definition) is 2. The molecule has 1 heterocycles. The Bertz CT molecular complexity index is 772. The normalized spacial score (nSPS) is 19.4. The van der Waals surface area contributed by atoms with Crippen LogP contribution in [0.4, 0.5) is 0 Å². The number of carbonyl (C=O) groups is 1. The number of amides is 1. The van der Waals surface area contributed by atoms with Gasteiger partial charge in [0.25, 0.3) is 5.91 Å². The zero-order chi connectivity index (χ0) is 18.7. The molecule has 7 nitrogen and oxygen atoms in total. The highest BCUT2D eigenvalue weighted by Gasteiger charge is 2.40. The van der Waals surface area contributed by atoms with Gasteiger partial charge in [0.1, 0.15) is 0 Å². The molecule has 1 saturated heterocycles. The Labute approximate surface area is 149 Å². The molecule has 1 amide bonds. The van der Waals surface area contributed by atoms with Gasteiger partial charge in [0.15, 0.2) is 15.8 Å². The van der Waals surface area contributed by atoms with Gasteiger partial charge in [-0.3, -0.25) is 9.79 Å². The Morgan fingerprint density at radius 2 is 2.08 bits per heavy atom. The quantitative estimate of drug-likeness (QED) is 0.605. The molecular weight excluding hydrogens is 340 g/mol. The van der Waals surface area contributed by atoms with Gasteiger partial charge in [-0.05, 0) is 31.5 Å². The lowest BCUT2D eigenvalue weighted by atomic mass is 10.1. The number of guanidine groups is 1. The maximum Gasteiger partial charge on any atom is 0.251 e. The van der Waals surface area contributed by atoms with E-state index in [0.717, 1.165) is 5.56 Å². The smallest absolute Gasteiger partial charge is 0.251 e. The highest BCUT2D eigenvalue weighted by Crippen LogP contribution is 2.23. The SMILES string of the molecule is CN=C(NCc1cccc(C(=O)NC)c1)N1CCS(=O)(=O)C(C)(C)C1. The van der Waals surface area contributed by atoms with Gasteiger partial charge in [-0.1, -0.05) is 12.1 Å². The van der Waals surface area contributed by atoms with Gasteiger partial charge < -0.3 is 15.5 Å². The van der Waals surface area contributed by atoms with Crippen molar-refractivity contribution in [3.63, 3.8) is 0 Å². The third-order valence-electron chi connectivity index (χ3n) is 4.42. The number of nitrogens with one attached hydrogen (secondary N) is 2. The van der Waals surface area contributed by atoms with Gasteiger partial charge in [-0.15, -0.1) is 0 Å². The van der Waals surface area contributed by atoms with E-state index in [1.54, 1.807) is 34.0 Å². The van der Waals surface area contributed by atoms with E-state index in [1.807, 2.05) is 23.1 Å². The second kappa shape index (κ2) is 7.43. The van der Waals surface area contributed by atoms with E-state index in [0.29, 0.717) is 31.2 Å². The Morgan fingerprint density at radius 1 is 1.36 bits per heavy atom. The lowest BCUT2D eigenvalue weighted by molar-refractivity contribution is 0.0963. The van der Waals surface area contributed by atoms with Crippen LogP contribution in [0.1, 0.15) is 29.8 Å². The molecule has 0 bridgehead atoms. The number of benzene rings is 1. The maximum absolute atomic E-state index is 12.1. The highest BCUT2D eigenvalue weighted by molar-refractivity contribution is 7.92. The fraction of sp³-hybridized carbons (Fsp3) is 0.529. The van der Waals surface area contributed by atoms with Crippen LogP contribution in [-0.2, 0) is 16.4 Å². The fourth-order valence-electron chi connectivity index (χ4n) is 2.80. The molecular formula is C17H26N4O3S. The minimum atomic E-state index is -3.09. The van der Waals surface area contributed by atoms with E-state index in [1.165, 1.54) is 0 Å². The van der Waals surface area contributed by atoms with Crippen molar-refractivity contribution in [1.29, 1.82) is 0 Å². The Morgan fingerprint density at radius 3 is 2.68 bits per heavy atom. The van der Waals surface area contributed by atoms with Gasteiger partial charge in [0.05, 0.1) is 10.5 Å². The summed E-state index contributed by atoms with van der Waals surface area (Å²) in [5, 5.41) is 5.86. The number of rotatable bonds is 3. The molecule has 25 heavy (non-hydrogen) atoms. The van der Waals surface area contributed by atoms with Crippen molar-refractivity contribution in [2.75, 3.05) is 32.9 Å². The summed E-state index contributed by atoms with van der Waals surface area (Å²) in [4.78, 5) is 18.0. The summed E-state index contributed by atoms with van der Waals surface area (Å²) < 4.78 is 23.5. The second-order valence-corrected chi connectivity index (χ2v) is 9.42. The third-order valence-corrected chi connectivity index (χ3v) is 6.95. The molecule has 0 unspecified atom stereocenters. The number of hydrogen-bond acceptors (Lipinski definition) is 4. The molecule has 1 aromatic rings. The van der Waals surface area contributed by atoms with E-state index < -0.39 is 14.6 Å². The first-order valence-electron chi connectivity index (χ1n) is 8.19. The average molecular weight is 366 g/mol. The largest absolute Gasteiger partial charge is 0.355 e. The van der Waals surface area contributed by atoms with Crippen LogP contribution in [0.3, 0.4) is 0 Å². The van der Waals surface area contributed by atoms with Crippen molar-refractivity contribution in [2.45, 2.75) is 25.1 Å². The lowest BCUT2D eigenvalue weighted by Crippen LogP contribution is -2.57. The zero-order valence-electron chi connectivity index (χ0n) is 15.2. The van der Waals surface area contributed by atoms with Crippen LogP contribution in [-0.4, -0.2) is 62.9 Å². The molecule has 1 aliphatic heterocycles. The molecule has 0 spiro atoms. The van der Waals surface area contributed by atoms with E-state index in [4.69, 9.17) is 0 Å². The van der Waals surface area contributed by atoms with Gasteiger partial charge in [-0.2, -0.15) is 0 Å². The van der Waals surface area contributed by atoms with E-state index in [2.05, 4.69) is 15.6 Å². The second-order valence-electron chi connectivity index (χ2n) is 6.68. The first-order chi connectivity index (χ1) is 11.7. The summed E-state index contributed by atoms with van der Waals surface area (Å²) >= 11 is 0. The van der Waals surface area contributed by atoms with Crippen LogP contribution < -0.4 is 10.6 Å². The summed E-state index contributed by atoms with van der Waals surface area (Å²) in [6, 6.07) is 7.34. The molecule has 1 aliphatic rings. The van der Waals surface area contributed by atoms with Crippen LogP contribution in [0.2, 0.25) is 0 Å². The Hall–Kier alpha value is -2.09. The van der Waals surface area contributed by atoms with Gasteiger partial charge in [0, 0.05) is 39.3 Å². The lowest BCUT2D eigenvalue weighted by Gasteiger charge is -2.39. The summed E-state index contributed by atoms with van der Waals surface area (Å²) in [7, 11) is 0.189. The summed E-state index contributed by atoms with van der Waals surface area (Å²) in [5.41, 5.74) is 1.55. The maximum atomic E-state index is 12.1. The van der Waals surface area contributed by atoms with Crippen molar-refractivity contribution in [3.8, 4) is 0 Å². The molecule has 0 radical (unpaired) electrons. The molecule has 138 valence electrons. The predicted octanol–water partition coefficient (Wildman–Crippen LogP) is 0.631. The average Bonchev–Trinajstić information content (AvgIpc) is 2.58. The molecule has 0 aromatic heterocycles. The van der Waals surface area contributed by atoms with Gasteiger partial charge in [-0.25, -0.2) is 8.42 Å². The topological polar surface area (TPSA) is 90.9 Å². The summed E-state index contributed by atoms with van der Waals surface area (Å²) in [6.07, 6.45) is 0. The standard InChI is InChI=1S/C17H26N4O3S/c1-17(2)12-21(8-9-25(17,23)24)16(19-4)20-11-13-6-5-7-14(10-13)15(22)18-3/h5-7,10H,8-9,11-12H2,1-4H3,(H,18,22)(H,19,20). The van der Waals surface area contributed by atoms with Crippen molar-refractivity contribution in [1.82, 2.24) is 15.5 Å². The molecule has 0 atom stereocenters. The number of sulfone groups is 1. The molecule has 0 aliphatic carbocycles. The van der Waals surface area contributed by atoms with E-state index in [9.17, 15) is 13.2 Å². The monoisotopic (exact) mass is 366 g/mol. The number of aliphatic imine (C=N–C) groups is 1. The number of nitrogens with zero attached hydrogens (tertiary/aromatic N) is 2. The Kier molecular flexibility index (Phi) is 5.72. The van der Waals surface area contributed by atoms with E-state index >= 15 is 0 Å². The third kappa shape index (κ3) is 4.31. The van der Waals surface area contributed by atoms with Crippen LogP contribution in [0.15, 0.2) is 29.3 Å². The van der Waals surface area contributed by atoms with Crippen LogP contribution in [0.5, 0.6) is 0 Å². The zero-order valence-corrected chi connectivity index (χ0v) is 16.0. The first-order valence-corrected chi connectivity index (χ1v) is 9.84. The van der Waals surface area contributed by atoms with Gasteiger partial charge in [0.2, 0.25) is 0 Å². The molecule has 8 heteroatoms. The summed E-state index contributed by atoms with van der Waals surface area (Å²) in [5.74, 6) is 0.648. The molecule has 2 rings (SSSR count). The Balaban J connectivity index is 2.06. The van der Waals surface area contributed by atoms with E-state index in [-0.39, 0.29) is 11.7 Å². The minimum Gasteiger partial charge on any atom is -0.355 e. The predicted molar refractivity (Wildman–Crippen MR) is 99.5 cm³/mol. The minimum absolute atomic E-state index is 0.118. The van der Waals surface area contributed by atoms with Gasteiger partial charge >= 0.3 is 0 Å². The molecule has 1 fully saturated rings. The molecule has 1 aromatic carbocycles. The number of carbonyl (C=O) groups excluding carboxylic acids is 1. The van der Waals surface area contributed by atoms with Crippen molar-refractivity contribution in [2.24, 2.45) is 4.99 Å². The van der Waals surface area contributed by atoms with Crippen molar-refractivity contribution >= 4 is 21.7 Å². The molecule has 2 N–H and O–H groups in total. The summed E-state index contributed by atoms with van der Waals surface area (Å²) in [6.45, 7) is 4.81. The first kappa shape index (κ1) is 19.2. The van der Waals surface area contributed by atoms with Crippen molar-refractivity contribution < 1.29 is 13.2 Å². The van der Waals surface area contributed by atoms with Crippen molar-refractivity contribution in [3.05, 3.63) is 35.4 Å². The van der Waals surface area contributed by atoms with Crippen LogP contribution in [0, 0.1) is 0 Å².